The summed E-state index contributed by atoms with van der Waals surface area (Å²) >= 11 is 0. The molecule has 0 fully saturated rings. The molecule has 1 rings (SSSR count). The van der Waals surface area contributed by atoms with Crippen LogP contribution in [0.1, 0.15) is 19.2 Å². The number of alkyl halides is 4. The molecular formula is C9H14F4N4O. The molecule has 0 spiro atoms. The number of rotatable bonds is 8. The van der Waals surface area contributed by atoms with E-state index < -0.39 is 18.9 Å². The normalized spacial score (nSPS) is 12.1. The van der Waals surface area contributed by atoms with Gasteiger partial charge in [-0.25, -0.2) is 8.78 Å². The summed E-state index contributed by atoms with van der Waals surface area (Å²) in [6.07, 6.45) is -2.82. The molecule has 0 saturated heterocycles. The van der Waals surface area contributed by atoms with E-state index in [9.17, 15) is 17.6 Å². The fourth-order valence-electron chi connectivity index (χ4n) is 1.04. The summed E-state index contributed by atoms with van der Waals surface area (Å²) in [5.74, 6) is -3.93. The monoisotopic (exact) mass is 270 g/mol. The van der Waals surface area contributed by atoms with Gasteiger partial charge in [0.25, 0.3) is 0 Å². The molecule has 9 heteroatoms. The van der Waals surface area contributed by atoms with Gasteiger partial charge in [0.15, 0.2) is 0 Å². The molecule has 0 aliphatic heterocycles. The maximum Gasteiger partial charge on any atom is 0.324 e. The van der Waals surface area contributed by atoms with Crippen LogP contribution in [0.5, 0.6) is 0 Å². The van der Waals surface area contributed by atoms with Crippen LogP contribution in [0.15, 0.2) is 4.42 Å². The highest BCUT2D eigenvalue weighted by Crippen LogP contribution is 2.22. The molecule has 0 saturated carbocycles. The van der Waals surface area contributed by atoms with Crippen molar-refractivity contribution >= 4 is 6.01 Å². The highest BCUT2D eigenvalue weighted by atomic mass is 19.3. The molecule has 0 amide bonds. The Morgan fingerprint density at radius 2 is 2.06 bits per heavy atom. The maximum atomic E-state index is 12.6. The number of nitrogens with zero attached hydrogens (tertiary/aromatic N) is 2. The van der Waals surface area contributed by atoms with Crippen molar-refractivity contribution in [1.29, 1.82) is 0 Å². The van der Waals surface area contributed by atoms with Crippen molar-refractivity contribution in [3.05, 3.63) is 5.89 Å². The Hall–Kier alpha value is -1.38. The van der Waals surface area contributed by atoms with Crippen molar-refractivity contribution in [1.82, 2.24) is 15.5 Å². The Bertz CT molecular complexity index is 358. The summed E-state index contributed by atoms with van der Waals surface area (Å²) in [7, 11) is 0. The summed E-state index contributed by atoms with van der Waals surface area (Å²) < 4.78 is 53.8. The lowest BCUT2D eigenvalue weighted by molar-refractivity contribution is -0.117. The maximum absolute atomic E-state index is 12.6. The number of nitrogens with one attached hydrogen (secondary N) is 2. The van der Waals surface area contributed by atoms with Crippen LogP contribution in [-0.4, -0.2) is 35.6 Å². The van der Waals surface area contributed by atoms with E-state index >= 15 is 0 Å². The molecule has 0 bridgehead atoms. The van der Waals surface area contributed by atoms with Crippen LogP contribution < -0.4 is 10.6 Å². The highest BCUT2D eigenvalue weighted by molar-refractivity contribution is 5.17. The van der Waals surface area contributed by atoms with Crippen molar-refractivity contribution in [2.45, 2.75) is 32.2 Å². The van der Waals surface area contributed by atoms with Crippen molar-refractivity contribution in [2.75, 3.05) is 18.4 Å². The van der Waals surface area contributed by atoms with E-state index in [4.69, 9.17) is 4.42 Å². The van der Waals surface area contributed by atoms with Crippen LogP contribution in [0.25, 0.3) is 0 Å². The van der Waals surface area contributed by atoms with Gasteiger partial charge in [-0.2, -0.15) is 8.78 Å². The molecule has 0 aromatic carbocycles. The first kappa shape index (κ1) is 14.7. The molecule has 1 heterocycles. The van der Waals surface area contributed by atoms with Crippen LogP contribution in [0, 0.1) is 0 Å². The van der Waals surface area contributed by atoms with Gasteiger partial charge in [0.05, 0.1) is 13.1 Å². The number of hydrogen-bond acceptors (Lipinski definition) is 5. The van der Waals surface area contributed by atoms with E-state index in [1.54, 1.807) is 0 Å². The smallest absolute Gasteiger partial charge is 0.324 e. The first-order valence-corrected chi connectivity index (χ1v) is 5.38. The average Bonchev–Trinajstić information content (AvgIpc) is 2.75. The van der Waals surface area contributed by atoms with Gasteiger partial charge in [-0.15, -0.1) is 5.10 Å². The molecule has 0 aliphatic rings. The fourth-order valence-corrected chi connectivity index (χ4v) is 1.04. The molecule has 2 N–H and O–H groups in total. The Kier molecular flexibility index (Phi) is 5.32. The number of aromatic nitrogens is 2. The van der Waals surface area contributed by atoms with Crippen molar-refractivity contribution in [2.24, 2.45) is 0 Å². The van der Waals surface area contributed by atoms with Gasteiger partial charge in [-0.1, -0.05) is 12.0 Å². The molecule has 104 valence electrons. The molecular weight excluding hydrogens is 256 g/mol. The zero-order valence-corrected chi connectivity index (χ0v) is 9.72. The third-order valence-corrected chi connectivity index (χ3v) is 1.96. The second-order valence-corrected chi connectivity index (χ2v) is 3.59. The quantitative estimate of drug-likeness (QED) is 0.558. The Morgan fingerprint density at radius 1 is 1.33 bits per heavy atom. The molecule has 5 nitrogen and oxygen atoms in total. The third kappa shape index (κ3) is 4.47. The van der Waals surface area contributed by atoms with Gasteiger partial charge in [-0.05, 0) is 13.0 Å². The number of halogens is 4. The minimum atomic E-state index is -4.13. The standard InChI is InChI=1S/C9H14F4N4O/c1-2-3-14-4-6-16-17-8(18-6)15-5-9(12,13)7(10)11/h7,14H,2-5H2,1H3,(H,15,17). The minimum absolute atomic E-state index is 0.200. The second kappa shape index (κ2) is 6.53. The van der Waals surface area contributed by atoms with E-state index in [2.05, 4.69) is 15.5 Å². The average molecular weight is 270 g/mol. The van der Waals surface area contributed by atoms with Crippen LogP contribution in [0.4, 0.5) is 23.6 Å². The Balaban J connectivity index is 2.39. The van der Waals surface area contributed by atoms with Gasteiger partial charge in [0, 0.05) is 0 Å². The molecule has 1 aromatic rings. The lowest BCUT2D eigenvalue weighted by atomic mass is 10.3. The molecule has 1 aromatic heterocycles. The third-order valence-electron chi connectivity index (χ3n) is 1.96. The fraction of sp³-hybridized carbons (Fsp3) is 0.778. The van der Waals surface area contributed by atoms with Crippen LogP contribution >= 0.6 is 0 Å². The first-order valence-electron chi connectivity index (χ1n) is 5.38. The van der Waals surface area contributed by atoms with E-state index in [0.29, 0.717) is 6.54 Å². The number of hydrogen-bond donors (Lipinski definition) is 2. The van der Waals surface area contributed by atoms with E-state index in [0.717, 1.165) is 13.0 Å². The van der Waals surface area contributed by atoms with Gasteiger partial charge in [-0.3, -0.25) is 0 Å². The number of anilines is 1. The molecule has 0 aliphatic carbocycles. The summed E-state index contributed by atoms with van der Waals surface area (Å²) in [6, 6.07) is -0.302. The SMILES string of the molecule is CCCNCc1nnc(NCC(F)(F)C(F)F)o1. The van der Waals surface area contributed by atoms with Crippen LogP contribution in [0.2, 0.25) is 0 Å². The van der Waals surface area contributed by atoms with Gasteiger partial charge in [0.2, 0.25) is 5.89 Å². The summed E-state index contributed by atoms with van der Waals surface area (Å²) in [5, 5.41) is 11.9. The largest absolute Gasteiger partial charge is 0.407 e. The van der Waals surface area contributed by atoms with Gasteiger partial charge >= 0.3 is 18.4 Å². The lowest BCUT2D eigenvalue weighted by Gasteiger charge is -2.14. The summed E-state index contributed by atoms with van der Waals surface area (Å²) in [6.45, 7) is 1.76. The lowest BCUT2D eigenvalue weighted by Crippen LogP contribution is -2.34. The molecule has 0 unspecified atom stereocenters. The first-order chi connectivity index (χ1) is 8.45. The van der Waals surface area contributed by atoms with Crippen molar-refractivity contribution in [3.8, 4) is 0 Å². The minimum Gasteiger partial charge on any atom is -0.407 e. The van der Waals surface area contributed by atoms with Crippen LogP contribution in [-0.2, 0) is 6.54 Å². The Labute approximate surface area is 101 Å². The van der Waals surface area contributed by atoms with Gasteiger partial charge in [0.1, 0.15) is 0 Å². The zero-order valence-electron chi connectivity index (χ0n) is 9.72. The predicted molar refractivity (Wildman–Crippen MR) is 55.7 cm³/mol. The van der Waals surface area contributed by atoms with Crippen molar-refractivity contribution < 1.29 is 22.0 Å². The summed E-state index contributed by atoms with van der Waals surface area (Å²) in [4.78, 5) is 0. The Morgan fingerprint density at radius 3 is 2.67 bits per heavy atom. The van der Waals surface area contributed by atoms with E-state index in [1.807, 2.05) is 12.2 Å². The molecule has 0 radical (unpaired) electrons. The van der Waals surface area contributed by atoms with E-state index in [1.165, 1.54) is 0 Å². The van der Waals surface area contributed by atoms with Crippen molar-refractivity contribution in [3.63, 3.8) is 0 Å². The van der Waals surface area contributed by atoms with Crippen LogP contribution in [0.3, 0.4) is 0 Å². The second-order valence-electron chi connectivity index (χ2n) is 3.59. The molecule has 18 heavy (non-hydrogen) atoms. The van der Waals surface area contributed by atoms with Gasteiger partial charge < -0.3 is 15.1 Å². The predicted octanol–water partition coefficient (Wildman–Crippen LogP) is 1.88. The highest BCUT2D eigenvalue weighted by Gasteiger charge is 2.40. The zero-order chi connectivity index (χ0) is 13.6. The van der Waals surface area contributed by atoms with E-state index in [-0.39, 0.29) is 11.9 Å². The molecule has 0 atom stereocenters. The topological polar surface area (TPSA) is 63.0 Å². The summed E-state index contributed by atoms with van der Waals surface area (Å²) in [5.41, 5.74) is 0.